The van der Waals surface area contributed by atoms with E-state index in [1.807, 2.05) is 18.2 Å². The SMILES string of the molecule is Cc1ccccc1Nc1cnnc(Nc2ccc(N3CCN(C)CC3)cc2)n1. The normalized spacial score (nSPS) is 14.7. The molecule has 0 amide bonds. The van der Waals surface area contributed by atoms with Crippen molar-refractivity contribution in [2.45, 2.75) is 6.92 Å². The number of piperazine rings is 1. The molecule has 0 aliphatic carbocycles. The summed E-state index contributed by atoms with van der Waals surface area (Å²) in [4.78, 5) is 9.28. The van der Waals surface area contributed by atoms with Crippen LogP contribution in [-0.4, -0.2) is 53.3 Å². The predicted molar refractivity (Wildman–Crippen MR) is 114 cm³/mol. The molecule has 2 aromatic carbocycles. The number of hydrogen-bond acceptors (Lipinski definition) is 7. The maximum absolute atomic E-state index is 4.51. The van der Waals surface area contributed by atoms with Crippen LogP contribution in [0.2, 0.25) is 0 Å². The summed E-state index contributed by atoms with van der Waals surface area (Å²) in [6.45, 7) is 6.37. The van der Waals surface area contributed by atoms with Crippen LogP contribution in [0.25, 0.3) is 0 Å². The zero-order valence-electron chi connectivity index (χ0n) is 16.3. The summed E-state index contributed by atoms with van der Waals surface area (Å²) >= 11 is 0. The van der Waals surface area contributed by atoms with Gasteiger partial charge in [0.2, 0.25) is 5.95 Å². The average Bonchev–Trinajstić information content (AvgIpc) is 2.71. The van der Waals surface area contributed by atoms with Crippen LogP contribution in [0.4, 0.5) is 28.8 Å². The van der Waals surface area contributed by atoms with Gasteiger partial charge in [-0.2, -0.15) is 10.1 Å². The number of likely N-dealkylation sites (N-methyl/N-ethyl adjacent to an activating group) is 1. The molecule has 0 atom stereocenters. The van der Waals surface area contributed by atoms with Gasteiger partial charge >= 0.3 is 0 Å². The van der Waals surface area contributed by atoms with Crippen molar-refractivity contribution in [2.75, 3.05) is 48.8 Å². The lowest BCUT2D eigenvalue weighted by Gasteiger charge is -2.34. The number of rotatable bonds is 5. The van der Waals surface area contributed by atoms with Crippen molar-refractivity contribution in [3.63, 3.8) is 0 Å². The van der Waals surface area contributed by atoms with Crippen LogP contribution in [0, 0.1) is 6.92 Å². The molecule has 4 rings (SSSR count). The van der Waals surface area contributed by atoms with Crippen molar-refractivity contribution < 1.29 is 0 Å². The highest BCUT2D eigenvalue weighted by molar-refractivity contribution is 5.62. The van der Waals surface area contributed by atoms with Crippen LogP contribution < -0.4 is 15.5 Å². The molecule has 0 spiro atoms. The quantitative estimate of drug-likeness (QED) is 0.708. The summed E-state index contributed by atoms with van der Waals surface area (Å²) in [6, 6.07) is 16.5. The molecular weight excluding hydrogens is 350 g/mol. The molecule has 144 valence electrons. The van der Waals surface area contributed by atoms with E-state index in [1.165, 1.54) is 5.69 Å². The first kappa shape index (κ1) is 18.2. The number of para-hydroxylation sites is 1. The monoisotopic (exact) mass is 375 g/mol. The van der Waals surface area contributed by atoms with Crippen molar-refractivity contribution in [2.24, 2.45) is 0 Å². The molecule has 0 saturated carbocycles. The van der Waals surface area contributed by atoms with Crippen LogP contribution in [0.15, 0.2) is 54.7 Å². The standard InChI is InChI=1S/C21H25N7/c1-16-5-3-4-6-19(16)24-20-15-22-26-21(25-20)23-17-7-9-18(10-8-17)28-13-11-27(2)12-14-28/h3-10,15H,11-14H2,1-2H3,(H2,23,24,25,26). The number of aromatic nitrogens is 3. The van der Waals surface area contributed by atoms with E-state index in [4.69, 9.17) is 0 Å². The molecule has 1 aliphatic rings. The number of nitrogens with zero attached hydrogens (tertiary/aromatic N) is 5. The van der Waals surface area contributed by atoms with Crippen molar-refractivity contribution in [1.82, 2.24) is 20.1 Å². The molecule has 2 N–H and O–H groups in total. The van der Waals surface area contributed by atoms with Gasteiger partial charge in [0.25, 0.3) is 0 Å². The minimum atomic E-state index is 0.464. The zero-order valence-corrected chi connectivity index (χ0v) is 16.3. The summed E-state index contributed by atoms with van der Waals surface area (Å²) in [7, 11) is 2.17. The van der Waals surface area contributed by atoms with Crippen molar-refractivity contribution in [3.05, 3.63) is 60.3 Å². The highest BCUT2D eigenvalue weighted by Gasteiger charge is 2.14. The number of benzene rings is 2. The molecule has 1 aromatic heterocycles. The Bertz CT molecular complexity index is 918. The fraction of sp³-hybridized carbons (Fsp3) is 0.286. The second-order valence-corrected chi connectivity index (χ2v) is 7.07. The molecule has 3 aromatic rings. The van der Waals surface area contributed by atoms with E-state index in [9.17, 15) is 0 Å². The van der Waals surface area contributed by atoms with E-state index in [-0.39, 0.29) is 0 Å². The zero-order chi connectivity index (χ0) is 19.3. The lowest BCUT2D eigenvalue weighted by molar-refractivity contribution is 0.313. The fourth-order valence-corrected chi connectivity index (χ4v) is 3.22. The third kappa shape index (κ3) is 4.37. The molecule has 0 radical (unpaired) electrons. The van der Waals surface area contributed by atoms with E-state index in [1.54, 1.807) is 6.20 Å². The van der Waals surface area contributed by atoms with E-state index >= 15 is 0 Å². The summed E-state index contributed by atoms with van der Waals surface area (Å²) in [6.07, 6.45) is 1.62. The van der Waals surface area contributed by atoms with E-state index in [2.05, 4.69) is 79.9 Å². The van der Waals surface area contributed by atoms with Gasteiger partial charge in [0, 0.05) is 43.2 Å². The topological polar surface area (TPSA) is 69.2 Å². The van der Waals surface area contributed by atoms with Crippen molar-refractivity contribution >= 4 is 28.8 Å². The molecular formula is C21H25N7. The van der Waals surface area contributed by atoms with Gasteiger partial charge in [0.05, 0.1) is 6.20 Å². The van der Waals surface area contributed by atoms with Crippen molar-refractivity contribution in [3.8, 4) is 0 Å². The third-order valence-electron chi connectivity index (χ3n) is 4.96. The Hall–Kier alpha value is -3.19. The Kier molecular flexibility index (Phi) is 5.34. The van der Waals surface area contributed by atoms with Gasteiger partial charge in [0.15, 0.2) is 5.82 Å². The summed E-state index contributed by atoms with van der Waals surface area (Å²) in [5.41, 5.74) is 4.33. The van der Waals surface area contributed by atoms with E-state index in [0.717, 1.165) is 43.1 Å². The predicted octanol–water partition coefficient (Wildman–Crippen LogP) is 3.42. The molecule has 0 unspecified atom stereocenters. The lowest BCUT2D eigenvalue weighted by Crippen LogP contribution is -2.44. The van der Waals surface area contributed by atoms with Crippen LogP contribution in [-0.2, 0) is 0 Å². The van der Waals surface area contributed by atoms with Crippen LogP contribution in [0.1, 0.15) is 5.56 Å². The highest BCUT2D eigenvalue weighted by Crippen LogP contribution is 2.22. The first-order chi connectivity index (χ1) is 13.7. The maximum atomic E-state index is 4.51. The van der Waals surface area contributed by atoms with Crippen molar-refractivity contribution in [1.29, 1.82) is 0 Å². The number of hydrogen-bond donors (Lipinski definition) is 2. The van der Waals surface area contributed by atoms with E-state index < -0.39 is 0 Å². The second kappa shape index (κ2) is 8.22. The van der Waals surface area contributed by atoms with Gasteiger partial charge in [-0.05, 0) is 49.9 Å². The summed E-state index contributed by atoms with van der Waals surface area (Å²) < 4.78 is 0. The lowest BCUT2D eigenvalue weighted by atomic mass is 10.2. The van der Waals surface area contributed by atoms with Crippen LogP contribution in [0.5, 0.6) is 0 Å². The molecule has 7 nitrogen and oxygen atoms in total. The Morgan fingerprint density at radius 3 is 2.39 bits per heavy atom. The van der Waals surface area contributed by atoms with Gasteiger partial charge in [-0.1, -0.05) is 18.2 Å². The summed E-state index contributed by atoms with van der Waals surface area (Å²) in [5.74, 6) is 1.12. The van der Waals surface area contributed by atoms with Gasteiger partial charge in [-0.15, -0.1) is 5.10 Å². The number of anilines is 5. The first-order valence-electron chi connectivity index (χ1n) is 9.50. The van der Waals surface area contributed by atoms with Gasteiger partial charge in [-0.3, -0.25) is 0 Å². The Morgan fingerprint density at radius 2 is 1.64 bits per heavy atom. The van der Waals surface area contributed by atoms with Gasteiger partial charge in [0.1, 0.15) is 0 Å². The minimum absolute atomic E-state index is 0.464. The van der Waals surface area contributed by atoms with Crippen LogP contribution in [0.3, 0.4) is 0 Å². The first-order valence-corrected chi connectivity index (χ1v) is 9.50. The summed E-state index contributed by atoms with van der Waals surface area (Å²) in [5, 5.41) is 14.7. The van der Waals surface area contributed by atoms with Crippen LogP contribution >= 0.6 is 0 Å². The third-order valence-corrected chi connectivity index (χ3v) is 4.96. The van der Waals surface area contributed by atoms with Gasteiger partial charge in [-0.25, -0.2) is 0 Å². The highest BCUT2D eigenvalue weighted by atomic mass is 15.3. The second-order valence-electron chi connectivity index (χ2n) is 7.07. The smallest absolute Gasteiger partial charge is 0.249 e. The Morgan fingerprint density at radius 1 is 0.893 bits per heavy atom. The van der Waals surface area contributed by atoms with Gasteiger partial charge < -0.3 is 20.4 Å². The number of nitrogens with one attached hydrogen (secondary N) is 2. The molecule has 1 aliphatic heterocycles. The Labute approximate surface area is 165 Å². The minimum Gasteiger partial charge on any atom is -0.369 e. The maximum Gasteiger partial charge on any atom is 0.249 e. The Balaban J connectivity index is 1.42. The molecule has 1 fully saturated rings. The fourth-order valence-electron chi connectivity index (χ4n) is 3.22. The molecule has 28 heavy (non-hydrogen) atoms. The molecule has 0 bridgehead atoms. The average molecular weight is 375 g/mol. The largest absolute Gasteiger partial charge is 0.369 e. The number of aryl methyl sites for hydroxylation is 1. The molecule has 2 heterocycles. The molecule has 7 heteroatoms. The molecule has 1 saturated heterocycles. The van der Waals surface area contributed by atoms with E-state index in [0.29, 0.717) is 11.8 Å².